The Kier molecular flexibility index (Phi) is 4.16. The molecular weight excluding hydrogens is 206 g/mol. The fourth-order valence-electron chi connectivity index (χ4n) is 1.92. The Morgan fingerprint density at radius 3 is 2.36 bits per heavy atom. The molecule has 1 heterocycles. The van der Waals surface area contributed by atoms with Crippen LogP contribution in [-0.2, 0) is 9.53 Å². The Hall–Kier alpha value is -0.320. The lowest BCUT2D eigenvalue weighted by atomic mass is 10.1. The molecule has 1 atom stereocenters. The standard InChI is InChI=1S/C9H15NO3.ClH/c11-9(12)8(7-1-2-7)10-3-5-13-6-4-10;/h7-8H,1-6H2,(H,11,12);1H. The van der Waals surface area contributed by atoms with Crippen LogP contribution in [0.1, 0.15) is 12.8 Å². The molecule has 2 fully saturated rings. The van der Waals surface area contributed by atoms with Gasteiger partial charge in [0.05, 0.1) is 13.2 Å². The first kappa shape index (κ1) is 11.8. The molecule has 4 nitrogen and oxygen atoms in total. The van der Waals surface area contributed by atoms with Gasteiger partial charge in [-0.1, -0.05) is 0 Å². The lowest BCUT2D eigenvalue weighted by Gasteiger charge is -2.31. The van der Waals surface area contributed by atoms with Gasteiger partial charge in [0.15, 0.2) is 0 Å². The molecule has 1 saturated heterocycles. The predicted octanol–water partition coefficient (Wildman–Crippen LogP) is 0.604. The smallest absolute Gasteiger partial charge is 0.321 e. The van der Waals surface area contributed by atoms with E-state index in [1.807, 2.05) is 4.90 Å². The molecule has 0 bridgehead atoms. The van der Waals surface area contributed by atoms with Gasteiger partial charge >= 0.3 is 5.97 Å². The van der Waals surface area contributed by atoms with Gasteiger partial charge in [-0.15, -0.1) is 12.4 Å². The molecule has 2 aliphatic rings. The maximum Gasteiger partial charge on any atom is 0.321 e. The van der Waals surface area contributed by atoms with Crippen molar-refractivity contribution in [3.63, 3.8) is 0 Å². The molecule has 0 spiro atoms. The van der Waals surface area contributed by atoms with E-state index in [1.54, 1.807) is 0 Å². The van der Waals surface area contributed by atoms with E-state index in [9.17, 15) is 4.79 Å². The SMILES string of the molecule is Cl.O=C(O)C(C1CC1)N1CCOCC1. The summed E-state index contributed by atoms with van der Waals surface area (Å²) in [5, 5.41) is 9.05. The average molecular weight is 222 g/mol. The number of carboxylic acids is 1. The third-order valence-corrected chi connectivity index (χ3v) is 2.76. The van der Waals surface area contributed by atoms with E-state index in [2.05, 4.69) is 0 Å². The fraction of sp³-hybridized carbons (Fsp3) is 0.889. The number of aliphatic carboxylic acids is 1. The van der Waals surface area contributed by atoms with Gasteiger partial charge in [-0.3, -0.25) is 9.69 Å². The fourth-order valence-corrected chi connectivity index (χ4v) is 1.92. The summed E-state index contributed by atoms with van der Waals surface area (Å²) in [6.45, 7) is 2.90. The van der Waals surface area contributed by atoms with Gasteiger partial charge in [-0.2, -0.15) is 0 Å². The minimum atomic E-state index is -0.663. The third-order valence-electron chi connectivity index (χ3n) is 2.76. The number of hydrogen-bond donors (Lipinski definition) is 1. The van der Waals surface area contributed by atoms with Crippen LogP contribution in [0.3, 0.4) is 0 Å². The van der Waals surface area contributed by atoms with Gasteiger partial charge in [-0.05, 0) is 18.8 Å². The van der Waals surface area contributed by atoms with Crippen LogP contribution in [-0.4, -0.2) is 48.3 Å². The second kappa shape index (κ2) is 4.96. The molecule has 1 aliphatic heterocycles. The zero-order chi connectivity index (χ0) is 9.26. The van der Waals surface area contributed by atoms with Gasteiger partial charge in [0.1, 0.15) is 6.04 Å². The van der Waals surface area contributed by atoms with E-state index in [0.29, 0.717) is 19.1 Å². The number of morpholine rings is 1. The minimum Gasteiger partial charge on any atom is -0.480 e. The van der Waals surface area contributed by atoms with Crippen molar-refractivity contribution in [3.8, 4) is 0 Å². The number of hydrogen-bond acceptors (Lipinski definition) is 3. The van der Waals surface area contributed by atoms with Gasteiger partial charge in [-0.25, -0.2) is 0 Å². The molecule has 1 unspecified atom stereocenters. The van der Waals surface area contributed by atoms with E-state index >= 15 is 0 Å². The summed E-state index contributed by atoms with van der Waals surface area (Å²) in [5.41, 5.74) is 0. The maximum absolute atomic E-state index is 11.0. The second-order valence-electron chi connectivity index (χ2n) is 3.77. The third kappa shape index (κ3) is 2.59. The molecule has 0 aromatic heterocycles. The van der Waals surface area contributed by atoms with E-state index in [-0.39, 0.29) is 18.4 Å². The molecule has 2 rings (SSSR count). The summed E-state index contributed by atoms with van der Waals surface area (Å²) in [7, 11) is 0. The van der Waals surface area contributed by atoms with Gasteiger partial charge < -0.3 is 9.84 Å². The van der Waals surface area contributed by atoms with Crippen LogP contribution in [0.5, 0.6) is 0 Å². The van der Waals surface area contributed by atoms with Gasteiger partial charge in [0.2, 0.25) is 0 Å². The van der Waals surface area contributed by atoms with Crippen LogP contribution in [0.15, 0.2) is 0 Å². The first-order valence-corrected chi connectivity index (χ1v) is 4.83. The van der Waals surface area contributed by atoms with Crippen molar-refractivity contribution in [1.29, 1.82) is 0 Å². The van der Waals surface area contributed by atoms with Crippen molar-refractivity contribution < 1.29 is 14.6 Å². The van der Waals surface area contributed by atoms with Crippen molar-refractivity contribution in [2.24, 2.45) is 5.92 Å². The average Bonchev–Trinajstić information content (AvgIpc) is 2.90. The van der Waals surface area contributed by atoms with Crippen molar-refractivity contribution in [2.75, 3.05) is 26.3 Å². The molecular formula is C9H16ClNO3. The zero-order valence-corrected chi connectivity index (χ0v) is 8.83. The Morgan fingerprint density at radius 1 is 1.36 bits per heavy atom. The largest absolute Gasteiger partial charge is 0.480 e. The number of nitrogens with zero attached hydrogens (tertiary/aromatic N) is 1. The summed E-state index contributed by atoms with van der Waals surface area (Å²) in [4.78, 5) is 13.0. The Morgan fingerprint density at radius 2 is 1.93 bits per heavy atom. The molecule has 0 radical (unpaired) electrons. The molecule has 14 heavy (non-hydrogen) atoms. The molecule has 0 amide bonds. The van der Waals surface area contributed by atoms with Crippen LogP contribution in [0, 0.1) is 5.92 Å². The Bertz CT molecular complexity index is 202. The molecule has 82 valence electrons. The van der Waals surface area contributed by atoms with E-state index in [1.165, 1.54) is 0 Å². The van der Waals surface area contributed by atoms with Crippen LogP contribution in [0.25, 0.3) is 0 Å². The molecule has 5 heteroatoms. The number of ether oxygens (including phenoxy) is 1. The van der Waals surface area contributed by atoms with Crippen LogP contribution in [0.4, 0.5) is 0 Å². The number of halogens is 1. The van der Waals surface area contributed by atoms with E-state index in [4.69, 9.17) is 9.84 Å². The molecule has 1 aliphatic carbocycles. The summed E-state index contributed by atoms with van der Waals surface area (Å²) < 4.78 is 5.20. The topological polar surface area (TPSA) is 49.8 Å². The molecule has 1 saturated carbocycles. The normalized spacial score (nSPS) is 25.1. The second-order valence-corrected chi connectivity index (χ2v) is 3.77. The summed E-state index contributed by atoms with van der Waals surface area (Å²) in [5.74, 6) is -0.264. The monoisotopic (exact) mass is 221 g/mol. The lowest BCUT2D eigenvalue weighted by molar-refractivity contribution is -0.146. The van der Waals surface area contributed by atoms with Crippen molar-refractivity contribution >= 4 is 18.4 Å². The summed E-state index contributed by atoms with van der Waals surface area (Å²) in [6.07, 6.45) is 2.16. The first-order chi connectivity index (χ1) is 6.29. The van der Waals surface area contributed by atoms with E-state index < -0.39 is 5.97 Å². The first-order valence-electron chi connectivity index (χ1n) is 4.83. The molecule has 0 aromatic rings. The predicted molar refractivity (Wildman–Crippen MR) is 53.8 cm³/mol. The summed E-state index contributed by atoms with van der Waals surface area (Å²) in [6, 6.07) is -0.246. The highest BCUT2D eigenvalue weighted by Gasteiger charge is 2.40. The zero-order valence-electron chi connectivity index (χ0n) is 8.02. The maximum atomic E-state index is 11.0. The number of rotatable bonds is 3. The highest BCUT2D eigenvalue weighted by Crippen LogP contribution is 2.35. The lowest BCUT2D eigenvalue weighted by Crippen LogP contribution is -2.48. The molecule has 0 aromatic carbocycles. The number of carbonyl (C=O) groups is 1. The van der Waals surface area contributed by atoms with Crippen molar-refractivity contribution in [1.82, 2.24) is 4.90 Å². The minimum absolute atomic E-state index is 0. The summed E-state index contributed by atoms with van der Waals surface area (Å²) >= 11 is 0. The highest BCUT2D eigenvalue weighted by atomic mass is 35.5. The highest BCUT2D eigenvalue weighted by molar-refractivity contribution is 5.85. The van der Waals surface area contributed by atoms with Crippen molar-refractivity contribution in [2.45, 2.75) is 18.9 Å². The quantitative estimate of drug-likeness (QED) is 0.759. The Labute approximate surface area is 89.6 Å². The Balaban J connectivity index is 0.000000980. The van der Waals surface area contributed by atoms with Gasteiger partial charge in [0.25, 0.3) is 0 Å². The molecule has 1 N–H and O–H groups in total. The van der Waals surface area contributed by atoms with Crippen LogP contribution < -0.4 is 0 Å². The van der Waals surface area contributed by atoms with Crippen LogP contribution in [0.2, 0.25) is 0 Å². The van der Waals surface area contributed by atoms with Crippen molar-refractivity contribution in [3.05, 3.63) is 0 Å². The van der Waals surface area contributed by atoms with E-state index in [0.717, 1.165) is 25.9 Å². The number of carboxylic acid groups (broad SMARTS) is 1. The van der Waals surface area contributed by atoms with Gasteiger partial charge in [0, 0.05) is 13.1 Å². The van der Waals surface area contributed by atoms with Crippen LogP contribution >= 0.6 is 12.4 Å².